The lowest BCUT2D eigenvalue weighted by atomic mass is 10.1. The van der Waals surface area contributed by atoms with Crippen molar-refractivity contribution in [1.82, 2.24) is 4.90 Å². The second kappa shape index (κ2) is 6.35. The number of aromatic carboxylic acids is 1. The summed E-state index contributed by atoms with van der Waals surface area (Å²) in [7, 11) is 0. The molecule has 1 saturated heterocycles. The number of nitro groups is 1. The number of benzene rings is 1. The van der Waals surface area contributed by atoms with Gasteiger partial charge in [-0.15, -0.1) is 0 Å². The molecule has 7 nitrogen and oxygen atoms in total. The van der Waals surface area contributed by atoms with Crippen LogP contribution < -0.4 is 0 Å². The standard InChI is InChI=1S/C14H16N2O5S/c1-8-9(2)22-4-3-15(8)13(17)10-5-11(14(18)19)7-12(6-10)16(20)21/h5-9H,3-4H2,1-2H3,(H,18,19). The zero-order valence-corrected chi connectivity index (χ0v) is 13.0. The minimum atomic E-state index is -1.30. The number of carboxylic acid groups (broad SMARTS) is 1. The van der Waals surface area contributed by atoms with E-state index in [1.807, 2.05) is 13.8 Å². The van der Waals surface area contributed by atoms with Gasteiger partial charge in [0, 0.05) is 41.3 Å². The molecule has 1 heterocycles. The summed E-state index contributed by atoms with van der Waals surface area (Å²) >= 11 is 1.76. The molecule has 1 N–H and O–H groups in total. The van der Waals surface area contributed by atoms with E-state index in [0.717, 1.165) is 17.9 Å². The van der Waals surface area contributed by atoms with Crippen LogP contribution in [0.15, 0.2) is 18.2 Å². The number of hydrogen-bond acceptors (Lipinski definition) is 5. The molecule has 1 aromatic carbocycles. The first kappa shape index (κ1) is 16.3. The summed E-state index contributed by atoms with van der Waals surface area (Å²) in [5, 5.41) is 20.2. The Balaban J connectivity index is 2.40. The van der Waals surface area contributed by atoms with Crippen LogP contribution in [0.25, 0.3) is 0 Å². The summed E-state index contributed by atoms with van der Waals surface area (Å²) in [6.07, 6.45) is 0. The van der Waals surface area contributed by atoms with E-state index in [-0.39, 0.29) is 28.3 Å². The Morgan fingerprint density at radius 3 is 2.55 bits per heavy atom. The molecule has 2 atom stereocenters. The highest BCUT2D eigenvalue weighted by molar-refractivity contribution is 8.00. The number of carbonyl (C=O) groups excluding carboxylic acids is 1. The largest absolute Gasteiger partial charge is 0.478 e. The molecular formula is C14H16N2O5S. The van der Waals surface area contributed by atoms with Crippen LogP contribution in [-0.2, 0) is 0 Å². The maximum atomic E-state index is 12.6. The van der Waals surface area contributed by atoms with E-state index >= 15 is 0 Å². The predicted octanol–water partition coefficient (Wildman–Crippen LogP) is 2.26. The van der Waals surface area contributed by atoms with E-state index in [1.54, 1.807) is 16.7 Å². The number of hydrogen-bond donors (Lipinski definition) is 1. The molecular weight excluding hydrogens is 308 g/mol. The molecule has 0 saturated carbocycles. The van der Waals surface area contributed by atoms with Gasteiger partial charge in [-0.05, 0) is 13.0 Å². The highest BCUT2D eigenvalue weighted by Gasteiger charge is 2.30. The van der Waals surface area contributed by atoms with Crippen LogP contribution in [0, 0.1) is 10.1 Å². The van der Waals surface area contributed by atoms with Gasteiger partial charge in [0.2, 0.25) is 0 Å². The van der Waals surface area contributed by atoms with Gasteiger partial charge in [0.25, 0.3) is 11.6 Å². The smallest absolute Gasteiger partial charge is 0.335 e. The van der Waals surface area contributed by atoms with Crippen LogP contribution in [0.5, 0.6) is 0 Å². The van der Waals surface area contributed by atoms with Crippen LogP contribution >= 0.6 is 11.8 Å². The Hall–Kier alpha value is -2.09. The Labute approximate surface area is 131 Å². The molecule has 1 amide bonds. The van der Waals surface area contributed by atoms with E-state index < -0.39 is 16.6 Å². The van der Waals surface area contributed by atoms with Gasteiger partial charge in [-0.1, -0.05) is 6.92 Å². The third kappa shape index (κ3) is 3.22. The third-order valence-corrected chi connectivity index (χ3v) is 5.11. The number of non-ortho nitro benzene ring substituents is 1. The number of carbonyl (C=O) groups is 2. The van der Waals surface area contributed by atoms with E-state index in [0.29, 0.717) is 6.54 Å². The van der Waals surface area contributed by atoms with Gasteiger partial charge in [0.1, 0.15) is 0 Å². The minimum absolute atomic E-state index is 0.0150. The molecule has 8 heteroatoms. The Bertz CT molecular complexity index is 601. The Morgan fingerprint density at radius 2 is 1.95 bits per heavy atom. The van der Waals surface area contributed by atoms with Crippen molar-refractivity contribution in [3.8, 4) is 0 Å². The summed E-state index contributed by atoms with van der Waals surface area (Å²) in [5.41, 5.74) is -0.613. The summed E-state index contributed by atoms with van der Waals surface area (Å²) in [5.74, 6) is -0.878. The first-order valence-electron chi connectivity index (χ1n) is 6.76. The van der Waals surface area contributed by atoms with Crippen molar-refractivity contribution in [3.05, 3.63) is 39.4 Å². The number of nitro benzene ring substituents is 1. The van der Waals surface area contributed by atoms with E-state index in [2.05, 4.69) is 0 Å². The van der Waals surface area contributed by atoms with Gasteiger partial charge >= 0.3 is 5.97 Å². The van der Waals surface area contributed by atoms with Crippen LogP contribution in [0.1, 0.15) is 34.6 Å². The van der Waals surface area contributed by atoms with E-state index in [4.69, 9.17) is 5.11 Å². The highest BCUT2D eigenvalue weighted by Crippen LogP contribution is 2.27. The van der Waals surface area contributed by atoms with Gasteiger partial charge in [-0.25, -0.2) is 4.79 Å². The highest BCUT2D eigenvalue weighted by atomic mass is 32.2. The van der Waals surface area contributed by atoms with Crippen molar-refractivity contribution in [2.75, 3.05) is 12.3 Å². The quantitative estimate of drug-likeness (QED) is 0.676. The lowest BCUT2D eigenvalue weighted by Gasteiger charge is -2.37. The number of carboxylic acids is 1. The molecule has 1 aromatic rings. The van der Waals surface area contributed by atoms with Crippen molar-refractivity contribution in [2.24, 2.45) is 0 Å². The molecule has 1 aliphatic rings. The van der Waals surface area contributed by atoms with Crippen molar-refractivity contribution in [2.45, 2.75) is 25.1 Å². The zero-order chi connectivity index (χ0) is 16.4. The number of nitrogens with zero attached hydrogens (tertiary/aromatic N) is 2. The fourth-order valence-corrected chi connectivity index (χ4v) is 3.45. The molecule has 0 aromatic heterocycles. The van der Waals surface area contributed by atoms with Gasteiger partial charge < -0.3 is 10.0 Å². The van der Waals surface area contributed by atoms with Crippen molar-refractivity contribution in [3.63, 3.8) is 0 Å². The first-order chi connectivity index (χ1) is 10.3. The SMILES string of the molecule is CC1SCCN(C(=O)c2cc(C(=O)O)cc([N+](=O)[O-])c2)C1C. The molecule has 0 aliphatic carbocycles. The van der Waals surface area contributed by atoms with E-state index in [1.165, 1.54) is 6.07 Å². The van der Waals surface area contributed by atoms with Crippen LogP contribution in [-0.4, -0.2) is 50.4 Å². The molecule has 0 spiro atoms. The second-order valence-electron chi connectivity index (χ2n) is 5.15. The number of amides is 1. The van der Waals surface area contributed by atoms with Gasteiger partial charge in [0.05, 0.1) is 10.5 Å². The fraction of sp³-hybridized carbons (Fsp3) is 0.429. The molecule has 2 rings (SSSR count). The van der Waals surface area contributed by atoms with Crippen LogP contribution in [0.4, 0.5) is 5.69 Å². The van der Waals surface area contributed by atoms with Gasteiger partial charge in [-0.2, -0.15) is 11.8 Å². The predicted molar refractivity (Wildman–Crippen MR) is 82.5 cm³/mol. The molecule has 1 fully saturated rings. The average molecular weight is 324 g/mol. The van der Waals surface area contributed by atoms with Gasteiger partial charge in [-0.3, -0.25) is 14.9 Å². The lowest BCUT2D eigenvalue weighted by Crippen LogP contribution is -2.48. The first-order valence-corrected chi connectivity index (χ1v) is 7.81. The molecule has 2 unspecified atom stereocenters. The summed E-state index contributed by atoms with van der Waals surface area (Å²) < 4.78 is 0. The van der Waals surface area contributed by atoms with Crippen molar-refractivity contribution >= 4 is 29.3 Å². The van der Waals surface area contributed by atoms with E-state index in [9.17, 15) is 19.7 Å². The Morgan fingerprint density at radius 1 is 1.32 bits per heavy atom. The minimum Gasteiger partial charge on any atom is -0.478 e. The molecule has 1 aliphatic heterocycles. The van der Waals surface area contributed by atoms with Crippen LogP contribution in [0.2, 0.25) is 0 Å². The molecule has 0 radical (unpaired) electrons. The van der Waals surface area contributed by atoms with Crippen molar-refractivity contribution in [1.29, 1.82) is 0 Å². The Kier molecular flexibility index (Phi) is 4.70. The number of thioether (sulfide) groups is 1. The fourth-order valence-electron chi connectivity index (χ4n) is 2.35. The monoisotopic (exact) mass is 324 g/mol. The maximum Gasteiger partial charge on any atom is 0.335 e. The average Bonchev–Trinajstić information content (AvgIpc) is 2.48. The summed E-state index contributed by atoms with van der Waals surface area (Å²) in [4.78, 5) is 35.6. The van der Waals surface area contributed by atoms with Crippen LogP contribution in [0.3, 0.4) is 0 Å². The van der Waals surface area contributed by atoms with Crippen molar-refractivity contribution < 1.29 is 19.6 Å². The maximum absolute atomic E-state index is 12.6. The molecule has 0 bridgehead atoms. The zero-order valence-electron chi connectivity index (χ0n) is 12.2. The lowest BCUT2D eigenvalue weighted by molar-refractivity contribution is -0.384. The topological polar surface area (TPSA) is 101 Å². The molecule has 22 heavy (non-hydrogen) atoms. The van der Waals surface area contributed by atoms with Gasteiger partial charge in [0.15, 0.2) is 0 Å². The third-order valence-electron chi connectivity index (χ3n) is 3.77. The summed E-state index contributed by atoms with van der Waals surface area (Å²) in [6.45, 7) is 4.48. The molecule has 118 valence electrons. The number of rotatable bonds is 3. The summed E-state index contributed by atoms with van der Waals surface area (Å²) in [6, 6.07) is 3.26. The normalized spacial score (nSPS) is 21.5. The second-order valence-corrected chi connectivity index (χ2v) is 6.63.